The first-order valence-corrected chi connectivity index (χ1v) is 14.6. The van der Waals surface area contributed by atoms with Gasteiger partial charge in [-0.2, -0.15) is 0 Å². The number of fused-ring (bicyclic) bond motifs is 2. The third kappa shape index (κ3) is 4.79. The monoisotopic (exact) mass is 550 g/mol. The van der Waals surface area contributed by atoms with Crippen LogP contribution in [0.4, 0.5) is 0 Å². The molecule has 0 saturated heterocycles. The molecule has 41 heavy (non-hydrogen) atoms. The molecule has 2 aliphatic rings. The zero-order chi connectivity index (χ0) is 28.8. The number of nitrogens with one attached hydrogen (secondary N) is 2. The van der Waals surface area contributed by atoms with Gasteiger partial charge in [0.15, 0.2) is 0 Å². The maximum Gasteiger partial charge on any atom is 0.235 e. The van der Waals surface area contributed by atoms with Crippen LogP contribution in [0.15, 0.2) is 84.9 Å². The molecule has 0 spiro atoms. The number of benzene rings is 4. The highest BCUT2D eigenvalue weighted by atomic mass is 16.3. The van der Waals surface area contributed by atoms with Gasteiger partial charge in [-0.1, -0.05) is 84.9 Å². The van der Waals surface area contributed by atoms with Crippen LogP contribution in [-0.4, -0.2) is 33.2 Å². The van der Waals surface area contributed by atoms with Crippen molar-refractivity contribution < 1.29 is 19.8 Å². The highest BCUT2D eigenvalue weighted by Gasteiger charge is 2.49. The zero-order valence-electron chi connectivity index (χ0n) is 23.7. The van der Waals surface area contributed by atoms with Crippen LogP contribution in [-0.2, 0) is 9.59 Å². The molecule has 2 unspecified atom stereocenters. The third-order valence-electron chi connectivity index (χ3n) is 9.47. The van der Waals surface area contributed by atoms with Crippen LogP contribution >= 0.6 is 0 Å². The van der Waals surface area contributed by atoms with Crippen molar-refractivity contribution in [3.63, 3.8) is 0 Å². The van der Waals surface area contributed by atoms with Gasteiger partial charge in [-0.05, 0) is 85.0 Å². The lowest BCUT2D eigenvalue weighted by Gasteiger charge is -2.46. The van der Waals surface area contributed by atoms with Gasteiger partial charge in [-0.25, -0.2) is 0 Å². The summed E-state index contributed by atoms with van der Waals surface area (Å²) in [5.41, 5.74) is -1.96. The van der Waals surface area contributed by atoms with Crippen LogP contribution in [0.25, 0.3) is 21.5 Å². The Balaban J connectivity index is 1.30. The maximum absolute atomic E-state index is 13.9. The first kappa shape index (κ1) is 27.4. The second-order valence-electron chi connectivity index (χ2n) is 12.5. The summed E-state index contributed by atoms with van der Waals surface area (Å²) in [4.78, 5) is 27.9. The molecule has 6 nitrogen and oxygen atoms in total. The second-order valence-corrected chi connectivity index (χ2v) is 12.5. The minimum atomic E-state index is -1.47. The second kappa shape index (κ2) is 10.3. The quantitative estimate of drug-likeness (QED) is 0.207. The van der Waals surface area contributed by atoms with E-state index >= 15 is 0 Å². The molecular formula is C35H38N2O4. The van der Waals surface area contributed by atoms with E-state index in [9.17, 15) is 19.8 Å². The molecule has 0 radical (unpaired) electrons. The van der Waals surface area contributed by atoms with Gasteiger partial charge in [0.05, 0.1) is 23.3 Å². The number of hydrogen-bond acceptors (Lipinski definition) is 4. The molecule has 4 N–H and O–H groups in total. The molecule has 0 bridgehead atoms. The number of carbonyl (C=O) groups excluding carboxylic acids is 2. The first-order valence-electron chi connectivity index (χ1n) is 14.6. The smallest absolute Gasteiger partial charge is 0.235 e. The number of rotatable bonds is 8. The molecule has 212 valence electrons. The van der Waals surface area contributed by atoms with Crippen molar-refractivity contribution in [2.24, 2.45) is 5.41 Å². The predicted molar refractivity (Wildman–Crippen MR) is 161 cm³/mol. The minimum absolute atomic E-state index is 0.467. The van der Waals surface area contributed by atoms with Crippen LogP contribution in [0, 0.1) is 5.41 Å². The van der Waals surface area contributed by atoms with E-state index < -0.39 is 40.5 Å². The van der Waals surface area contributed by atoms with Crippen molar-refractivity contribution in [2.75, 3.05) is 0 Å². The van der Waals surface area contributed by atoms with Gasteiger partial charge >= 0.3 is 0 Å². The third-order valence-corrected chi connectivity index (χ3v) is 9.47. The van der Waals surface area contributed by atoms with Crippen LogP contribution in [0.3, 0.4) is 0 Å². The summed E-state index contributed by atoms with van der Waals surface area (Å²) in [6, 6.07) is 26.3. The Bertz CT molecular complexity index is 1490. The minimum Gasteiger partial charge on any atom is -0.387 e. The Morgan fingerprint density at radius 3 is 1.37 bits per heavy atom. The van der Waals surface area contributed by atoms with E-state index in [1.165, 1.54) is 0 Å². The SMILES string of the molecule is CC(C)(C(=O)NC(c1cccc2ccccc12)C1(O)CCC1)C(=O)NC(c1cccc2ccccc12)C1(O)CCC1. The van der Waals surface area contributed by atoms with Gasteiger partial charge in [0.25, 0.3) is 0 Å². The maximum atomic E-state index is 13.9. The molecule has 0 aliphatic heterocycles. The molecule has 4 aromatic rings. The molecule has 6 rings (SSSR count). The first-order chi connectivity index (χ1) is 19.6. The highest BCUT2D eigenvalue weighted by Crippen LogP contribution is 2.46. The molecule has 4 aromatic carbocycles. The van der Waals surface area contributed by atoms with Crippen molar-refractivity contribution >= 4 is 33.4 Å². The Kier molecular flexibility index (Phi) is 6.87. The fourth-order valence-electron chi connectivity index (χ4n) is 6.39. The molecule has 2 saturated carbocycles. The molecule has 6 heteroatoms. The standard InChI is InChI=1S/C35H38N2O4/c1-33(2,31(38)36-29(34(40)19-9-20-34)27-17-7-13-23-11-3-5-15-25(23)27)32(39)37-30(35(41)21-10-22-35)28-18-8-14-24-12-4-6-16-26(24)28/h3-8,11-18,29-30,40-41H,9-10,19-22H2,1-2H3,(H,36,38)(H,37,39). The summed E-state index contributed by atoms with van der Waals surface area (Å²) in [6.07, 6.45) is 4.05. The van der Waals surface area contributed by atoms with Gasteiger partial charge in [0.1, 0.15) is 5.41 Å². The molecule has 2 atom stereocenters. The average Bonchev–Trinajstić information content (AvgIpc) is 2.95. The van der Waals surface area contributed by atoms with Gasteiger partial charge in [-0.3, -0.25) is 9.59 Å². The van der Waals surface area contributed by atoms with Crippen LogP contribution in [0.2, 0.25) is 0 Å². The summed E-state index contributed by atoms with van der Waals surface area (Å²) in [7, 11) is 0. The lowest BCUT2D eigenvalue weighted by atomic mass is 9.71. The topological polar surface area (TPSA) is 98.7 Å². The molecular weight excluding hydrogens is 512 g/mol. The number of aliphatic hydroxyl groups is 2. The Hall–Kier alpha value is -3.74. The Morgan fingerprint density at radius 2 is 1.00 bits per heavy atom. The Labute approximate surface area is 240 Å². The zero-order valence-corrected chi connectivity index (χ0v) is 23.7. The summed E-state index contributed by atoms with van der Waals surface area (Å²) in [6.45, 7) is 3.21. The van der Waals surface area contributed by atoms with Crippen LogP contribution in [0.5, 0.6) is 0 Å². The molecule has 2 amide bonds. The van der Waals surface area contributed by atoms with Crippen LogP contribution < -0.4 is 10.6 Å². The van der Waals surface area contributed by atoms with Gasteiger partial charge in [0, 0.05) is 0 Å². The lowest BCUT2D eigenvalue weighted by molar-refractivity contribution is -0.147. The summed E-state index contributed by atoms with van der Waals surface area (Å²) in [5.74, 6) is -0.934. The predicted octanol–water partition coefficient (Wildman–Crippen LogP) is 5.86. The summed E-state index contributed by atoms with van der Waals surface area (Å²) in [5, 5.41) is 33.2. The fraction of sp³-hybridized carbons (Fsp3) is 0.371. The van der Waals surface area contributed by atoms with E-state index in [1.807, 2.05) is 84.9 Å². The number of amides is 2. The van der Waals surface area contributed by atoms with E-state index in [-0.39, 0.29) is 0 Å². The van der Waals surface area contributed by atoms with Crippen LogP contribution in [0.1, 0.15) is 75.6 Å². The van der Waals surface area contributed by atoms with Crippen molar-refractivity contribution in [1.82, 2.24) is 10.6 Å². The van der Waals surface area contributed by atoms with Gasteiger partial charge in [-0.15, -0.1) is 0 Å². The fourth-order valence-corrected chi connectivity index (χ4v) is 6.39. The normalized spacial score (nSPS) is 19.0. The van der Waals surface area contributed by atoms with Crippen molar-refractivity contribution in [3.05, 3.63) is 96.1 Å². The van der Waals surface area contributed by atoms with Crippen molar-refractivity contribution in [1.29, 1.82) is 0 Å². The van der Waals surface area contributed by atoms with E-state index in [0.717, 1.165) is 45.5 Å². The van der Waals surface area contributed by atoms with E-state index in [2.05, 4.69) is 10.6 Å². The largest absolute Gasteiger partial charge is 0.387 e. The number of hydrogen-bond donors (Lipinski definition) is 4. The molecule has 2 fully saturated rings. The average molecular weight is 551 g/mol. The lowest BCUT2D eigenvalue weighted by Crippen LogP contribution is -2.57. The summed E-state index contributed by atoms with van der Waals surface area (Å²) < 4.78 is 0. The highest BCUT2D eigenvalue weighted by molar-refractivity contribution is 6.05. The van der Waals surface area contributed by atoms with Gasteiger partial charge < -0.3 is 20.8 Å². The van der Waals surface area contributed by atoms with E-state index in [1.54, 1.807) is 13.8 Å². The molecule has 0 aromatic heterocycles. The number of carbonyl (C=O) groups is 2. The van der Waals surface area contributed by atoms with Gasteiger partial charge in [0.2, 0.25) is 11.8 Å². The Morgan fingerprint density at radius 1 is 0.634 bits per heavy atom. The summed E-state index contributed by atoms with van der Waals surface area (Å²) >= 11 is 0. The van der Waals surface area contributed by atoms with Crippen molar-refractivity contribution in [3.8, 4) is 0 Å². The van der Waals surface area contributed by atoms with E-state index in [4.69, 9.17) is 0 Å². The molecule has 0 heterocycles. The van der Waals surface area contributed by atoms with E-state index in [0.29, 0.717) is 25.7 Å². The molecule has 2 aliphatic carbocycles. The van der Waals surface area contributed by atoms with Crippen molar-refractivity contribution in [2.45, 2.75) is 75.7 Å².